The number of hydrogen-bond donors (Lipinski definition) is 2. The average molecular weight is 200 g/mol. The quantitative estimate of drug-likeness (QED) is 0.615. The number of thiocarbonyl (C=S) groups is 1. The summed E-state index contributed by atoms with van der Waals surface area (Å²) in [5.41, 5.74) is 5.48. The lowest BCUT2D eigenvalue weighted by Gasteiger charge is -2.16. The SMILES string of the molecule is NC(=S)CN1CC2CCC(O)C2C1. The molecule has 0 amide bonds. The fourth-order valence-corrected chi connectivity index (χ4v) is 2.86. The molecular formula is C9H16N2OS. The number of hydrogen-bond acceptors (Lipinski definition) is 3. The second kappa shape index (κ2) is 3.52. The third-order valence-corrected chi connectivity index (χ3v) is 3.40. The first-order chi connectivity index (χ1) is 6.16. The summed E-state index contributed by atoms with van der Waals surface area (Å²) in [6, 6.07) is 0. The molecule has 3 unspecified atom stereocenters. The third kappa shape index (κ3) is 1.85. The van der Waals surface area contributed by atoms with Crippen LogP contribution in [-0.2, 0) is 0 Å². The Balaban J connectivity index is 1.91. The molecule has 0 spiro atoms. The molecule has 2 rings (SSSR count). The maximum absolute atomic E-state index is 9.66. The van der Waals surface area contributed by atoms with Crippen LogP contribution in [-0.4, -0.2) is 40.7 Å². The van der Waals surface area contributed by atoms with E-state index in [1.165, 1.54) is 6.42 Å². The van der Waals surface area contributed by atoms with Gasteiger partial charge < -0.3 is 10.8 Å². The predicted octanol–water partition coefficient (Wildman–Crippen LogP) is -0.0248. The minimum atomic E-state index is -0.0821. The molecule has 2 fully saturated rings. The summed E-state index contributed by atoms with van der Waals surface area (Å²) >= 11 is 4.87. The zero-order valence-electron chi connectivity index (χ0n) is 7.65. The molecule has 13 heavy (non-hydrogen) atoms. The van der Waals surface area contributed by atoms with Crippen LogP contribution in [0.5, 0.6) is 0 Å². The number of likely N-dealkylation sites (tertiary alicyclic amines) is 1. The van der Waals surface area contributed by atoms with Gasteiger partial charge in [-0.05, 0) is 18.8 Å². The fourth-order valence-electron chi connectivity index (χ4n) is 2.68. The van der Waals surface area contributed by atoms with Crippen LogP contribution in [0, 0.1) is 11.8 Å². The van der Waals surface area contributed by atoms with Gasteiger partial charge in [-0.3, -0.25) is 4.90 Å². The van der Waals surface area contributed by atoms with Crippen LogP contribution in [0.25, 0.3) is 0 Å². The van der Waals surface area contributed by atoms with Crippen molar-refractivity contribution < 1.29 is 5.11 Å². The molecule has 0 radical (unpaired) electrons. The molecule has 3 nitrogen and oxygen atoms in total. The van der Waals surface area contributed by atoms with Crippen molar-refractivity contribution in [2.24, 2.45) is 17.6 Å². The van der Waals surface area contributed by atoms with Crippen molar-refractivity contribution >= 4 is 17.2 Å². The van der Waals surface area contributed by atoms with Crippen LogP contribution in [0.1, 0.15) is 12.8 Å². The summed E-state index contributed by atoms with van der Waals surface area (Å²) in [6.45, 7) is 2.76. The molecule has 3 N–H and O–H groups in total. The smallest absolute Gasteiger partial charge is 0.0870 e. The molecule has 0 aromatic heterocycles. The lowest BCUT2D eigenvalue weighted by atomic mass is 10.00. The van der Waals surface area contributed by atoms with Gasteiger partial charge in [0.25, 0.3) is 0 Å². The van der Waals surface area contributed by atoms with Gasteiger partial charge >= 0.3 is 0 Å². The number of nitrogens with zero attached hydrogens (tertiary/aromatic N) is 1. The van der Waals surface area contributed by atoms with Gasteiger partial charge in [0.1, 0.15) is 0 Å². The maximum atomic E-state index is 9.66. The molecule has 0 bridgehead atoms. The van der Waals surface area contributed by atoms with Crippen molar-refractivity contribution in [3.05, 3.63) is 0 Å². The van der Waals surface area contributed by atoms with E-state index >= 15 is 0 Å². The molecule has 1 saturated heterocycles. The van der Waals surface area contributed by atoms with E-state index in [4.69, 9.17) is 18.0 Å². The Bertz CT molecular complexity index is 222. The second-order valence-corrected chi connectivity index (χ2v) is 4.75. The van der Waals surface area contributed by atoms with Gasteiger partial charge in [-0.2, -0.15) is 0 Å². The van der Waals surface area contributed by atoms with Gasteiger partial charge in [-0.1, -0.05) is 12.2 Å². The molecule has 74 valence electrons. The monoisotopic (exact) mass is 200 g/mol. The highest BCUT2D eigenvalue weighted by Crippen LogP contribution is 2.37. The molecule has 2 aliphatic rings. The number of nitrogens with two attached hydrogens (primary N) is 1. The van der Waals surface area contributed by atoms with E-state index in [0.29, 0.717) is 16.8 Å². The largest absolute Gasteiger partial charge is 0.393 e. The Morgan fingerprint density at radius 2 is 2.23 bits per heavy atom. The van der Waals surface area contributed by atoms with Gasteiger partial charge in [0.2, 0.25) is 0 Å². The Kier molecular flexibility index (Phi) is 2.53. The minimum Gasteiger partial charge on any atom is -0.393 e. The Morgan fingerprint density at radius 3 is 2.85 bits per heavy atom. The number of aliphatic hydroxyl groups is 1. The number of fused-ring (bicyclic) bond motifs is 1. The average Bonchev–Trinajstić information content (AvgIpc) is 2.53. The number of rotatable bonds is 2. The predicted molar refractivity (Wildman–Crippen MR) is 55.4 cm³/mol. The molecule has 1 aliphatic carbocycles. The lowest BCUT2D eigenvalue weighted by molar-refractivity contribution is 0.126. The standard InChI is InChI=1S/C9H16N2OS/c10-9(13)5-11-3-6-1-2-8(12)7(6)4-11/h6-8,12H,1-5H2,(H2,10,13). The molecule has 0 aromatic carbocycles. The van der Waals surface area contributed by atoms with Crippen LogP contribution in [0.4, 0.5) is 0 Å². The third-order valence-electron chi connectivity index (χ3n) is 3.27. The first-order valence-corrected chi connectivity index (χ1v) is 5.26. The summed E-state index contributed by atoms with van der Waals surface area (Å²) in [6.07, 6.45) is 2.07. The van der Waals surface area contributed by atoms with E-state index in [-0.39, 0.29) is 6.10 Å². The van der Waals surface area contributed by atoms with Crippen molar-refractivity contribution in [3.8, 4) is 0 Å². The number of aliphatic hydroxyl groups excluding tert-OH is 1. The summed E-state index contributed by atoms with van der Waals surface area (Å²) < 4.78 is 0. The van der Waals surface area contributed by atoms with Gasteiger partial charge in [0, 0.05) is 25.6 Å². The lowest BCUT2D eigenvalue weighted by Crippen LogP contribution is -2.32. The summed E-state index contributed by atoms with van der Waals surface area (Å²) in [5, 5.41) is 9.66. The van der Waals surface area contributed by atoms with Crippen molar-refractivity contribution in [1.29, 1.82) is 0 Å². The first-order valence-electron chi connectivity index (χ1n) is 4.85. The normalized spacial score (nSPS) is 39.3. The van der Waals surface area contributed by atoms with E-state index < -0.39 is 0 Å². The zero-order valence-corrected chi connectivity index (χ0v) is 8.46. The molecule has 0 aromatic rings. The first kappa shape index (κ1) is 9.37. The Morgan fingerprint density at radius 1 is 1.46 bits per heavy atom. The highest BCUT2D eigenvalue weighted by Gasteiger charge is 2.41. The molecular weight excluding hydrogens is 184 g/mol. The van der Waals surface area contributed by atoms with Crippen molar-refractivity contribution in [2.45, 2.75) is 18.9 Å². The molecule has 3 atom stereocenters. The van der Waals surface area contributed by atoms with Crippen LogP contribution in [0.2, 0.25) is 0 Å². The summed E-state index contributed by atoms with van der Waals surface area (Å²) in [4.78, 5) is 2.83. The molecule has 1 saturated carbocycles. The zero-order chi connectivity index (χ0) is 9.42. The topological polar surface area (TPSA) is 49.5 Å². The van der Waals surface area contributed by atoms with E-state index in [2.05, 4.69) is 4.90 Å². The van der Waals surface area contributed by atoms with E-state index in [0.717, 1.165) is 26.1 Å². The van der Waals surface area contributed by atoms with Crippen molar-refractivity contribution in [1.82, 2.24) is 4.90 Å². The van der Waals surface area contributed by atoms with Gasteiger partial charge in [0.15, 0.2) is 0 Å². The minimum absolute atomic E-state index is 0.0821. The van der Waals surface area contributed by atoms with E-state index in [1.54, 1.807) is 0 Å². The molecule has 1 heterocycles. The van der Waals surface area contributed by atoms with Crippen LogP contribution in [0.15, 0.2) is 0 Å². The second-order valence-electron chi connectivity index (χ2n) is 4.23. The molecule has 1 aliphatic heterocycles. The van der Waals surface area contributed by atoms with Crippen molar-refractivity contribution in [2.75, 3.05) is 19.6 Å². The molecule has 4 heteroatoms. The Labute approximate surface area is 83.9 Å². The summed E-state index contributed by atoms with van der Waals surface area (Å²) in [5.74, 6) is 1.17. The fraction of sp³-hybridized carbons (Fsp3) is 0.889. The highest BCUT2D eigenvalue weighted by atomic mass is 32.1. The van der Waals surface area contributed by atoms with Crippen molar-refractivity contribution in [3.63, 3.8) is 0 Å². The van der Waals surface area contributed by atoms with Crippen LogP contribution < -0.4 is 5.73 Å². The maximum Gasteiger partial charge on any atom is 0.0870 e. The van der Waals surface area contributed by atoms with E-state index in [1.807, 2.05) is 0 Å². The van der Waals surface area contributed by atoms with Crippen LogP contribution >= 0.6 is 12.2 Å². The van der Waals surface area contributed by atoms with Crippen LogP contribution in [0.3, 0.4) is 0 Å². The summed E-state index contributed by atoms with van der Waals surface area (Å²) in [7, 11) is 0. The Hall–Kier alpha value is -0.190. The highest BCUT2D eigenvalue weighted by molar-refractivity contribution is 7.80. The van der Waals surface area contributed by atoms with Gasteiger partial charge in [-0.15, -0.1) is 0 Å². The van der Waals surface area contributed by atoms with Gasteiger partial charge in [-0.25, -0.2) is 0 Å². The van der Waals surface area contributed by atoms with E-state index in [9.17, 15) is 5.11 Å². The van der Waals surface area contributed by atoms with Gasteiger partial charge in [0.05, 0.1) is 11.1 Å².